The predicted octanol–water partition coefficient (Wildman–Crippen LogP) is 3.64. The minimum absolute atomic E-state index is 0.319. The van der Waals surface area contributed by atoms with Crippen LogP contribution in [-0.2, 0) is 0 Å². The van der Waals surface area contributed by atoms with Crippen molar-refractivity contribution in [2.24, 2.45) is 5.73 Å². The van der Waals surface area contributed by atoms with E-state index in [4.69, 9.17) is 5.73 Å². The highest BCUT2D eigenvalue weighted by atomic mass is 32.2. The fraction of sp³-hybridized carbons (Fsp3) is 0.538. The van der Waals surface area contributed by atoms with Crippen LogP contribution in [0.15, 0.2) is 29.2 Å². The highest BCUT2D eigenvalue weighted by Gasteiger charge is 2.02. The molecule has 0 fully saturated rings. The highest BCUT2D eigenvalue weighted by molar-refractivity contribution is 7.99. The van der Waals surface area contributed by atoms with Gasteiger partial charge in [0.25, 0.3) is 0 Å². The van der Waals surface area contributed by atoms with Gasteiger partial charge in [0.05, 0.1) is 0 Å². The average molecular weight is 223 g/mol. The smallest absolute Gasteiger partial charge is 0.0132 e. The first kappa shape index (κ1) is 12.6. The lowest BCUT2D eigenvalue weighted by Crippen LogP contribution is -2.21. The van der Waals surface area contributed by atoms with Gasteiger partial charge in [0.15, 0.2) is 0 Å². The molecule has 15 heavy (non-hydrogen) atoms. The Morgan fingerprint density at radius 3 is 2.27 bits per heavy atom. The van der Waals surface area contributed by atoms with Crippen LogP contribution in [0.25, 0.3) is 0 Å². The van der Waals surface area contributed by atoms with Gasteiger partial charge in [-0.05, 0) is 30.0 Å². The van der Waals surface area contributed by atoms with Gasteiger partial charge in [0.1, 0.15) is 0 Å². The van der Waals surface area contributed by atoms with Gasteiger partial charge < -0.3 is 5.73 Å². The third-order valence-corrected chi connectivity index (χ3v) is 3.74. The molecule has 1 nitrogen and oxygen atoms in total. The average Bonchev–Trinajstić information content (AvgIpc) is 2.26. The third-order valence-electron chi connectivity index (χ3n) is 2.54. The third kappa shape index (κ3) is 4.27. The molecule has 1 unspecified atom stereocenters. The van der Waals surface area contributed by atoms with Crippen LogP contribution in [0.5, 0.6) is 0 Å². The van der Waals surface area contributed by atoms with Crippen LogP contribution in [0.3, 0.4) is 0 Å². The molecule has 0 aliphatic heterocycles. The molecule has 0 aromatic heterocycles. The molecule has 0 amide bonds. The van der Waals surface area contributed by atoms with Gasteiger partial charge in [0.2, 0.25) is 0 Å². The summed E-state index contributed by atoms with van der Waals surface area (Å²) in [7, 11) is 0. The van der Waals surface area contributed by atoms with Crippen LogP contribution in [0.4, 0.5) is 0 Å². The maximum Gasteiger partial charge on any atom is 0.0132 e. The molecule has 0 aliphatic rings. The summed E-state index contributed by atoms with van der Waals surface area (Å²) in [5.74, 6) is 1.62. The minimum Gasteiger partial charge on any atom is -0.327 e. The van der Waals surface area contributed by atoms with E-state index >= 15 is 0 Å². The summed E-state index contributed by atoms with van der Waals surface area (Å²) in [5, 5.41) is 0. The number of thioether (sulfide) groups is 1. The number of benzene rings is 1. The first-order chi connectivity index (χ1) is 7.13. The van der Waals surface area contributed by atoms with Crippen molar-refractivity contribution < 1.29 is 0 Å². The number of rotatable bonds is 5. The topological polar surface area (TPSA) is 26.0 Å². The Bertz CT molecular complexity index is 279. The quantitative estimate of drug-likeness (QED) is 0.771. The zero-order chi connectivity index (χ0) is 11.3. The lowest BCUT2D eigenvalue weighted by atomic mass is 10.0. The molecule has 0 saturated carbocycles. The summed E-state index contributed by atoms with van der Waals surface area (Å²) in [6, 6.07) is 9.14. The molecular formula is C13H21NS. The molecule has 0 spiro atoms. The molecule has 84 valence electrons. The van der Waals surface area contributed by atoms with E-state index in [0.717, 1.165) is 12.2 Å². The minimum atomic E-state index is 0.319. The molecular weight excluding hydrogens is 202 g/mol. The van der Waals surface area contributed by atoms with Crippen molar-refractivity contribution >= 4 is 11.8 Å². The second-order valence-corrected chi connectivity index (χ2v) is 5.30. The molecule has 0 saturated heterocycles. The van der Waals surface area contributed by atoms with Gasteiger partial charge in [-0.15, -0.1) is 11.8 Å². The van der Waals surface area contributed by atoms with Crippen LogP contribution in [0, 0.1) is 0 Å². The molecule has 0 bridgehead atoms. The Morgan fingerprint density at radius 2 is 1.80 bits per heavy atom. The van der Waals surface area contributed by atoms with Crippen LogP contribution in [0.1, 0.15) is 38.7 Å². The summed E-state index contributed by atoms with van der Waals surface area (Å²) in [5.41, 5.74) is 7.28. The fourth-order valence-electron chi connectivity index (χ4n) is 1.27. The lowest BCUT2D eigenvalue weighted by molar-refractivity contribution is 0.725. The molecule has 1 aromatic rings. The van der Waals surface area contributed by atoms with Crippen LogP contribution < -0.4 is 5.73 Å². The van der Waals surface area contributed by atoms with Crippen LogP contribution >= 0.6 is 11.8 Å². The molecule has 0 aliphatic carbocycles. The van der Waals surface area contributed by atoms with Gasteiger partial charge in [-0.25, -0.2) is 0 Å². The Balaban J connectivity index is 2.50. The van der Waals surface area contributed by atoms with Crippen molar-refractivity contribution in [3.63, 3.8) is 0 Å². The van der Waals surface area contributed by atoms with Crippen molar-refractivity contribution in [1.82, 2.24) is 0 Å². The van der Waals surface area contributed by atoms with Gasteiger partial charge >= 0.3 is 0 Å². The maximum atomic E-state index is 5.88. The van der Waals surface area contributed by atoms with E-state index in [1.807, 2.05) is 11.8 Å². The van der Waals surface area contributed by atoms with Crippen molar-refractivity contribution in [2.75, 3.05) is 5.75 Å². The van der Waals surface area contributed by atoms with E-state index in [0.29, 0.717) is 12.0 Å². The second kappa shape index (κ2) is 6.19. The lowest BCUT2D eigenvalue weighted by Gasteiger charge is -2.09. The van der Waals surface area contributed by atoms with E-state index in [9.17, 15) is 0 Å². The number of hydrogen-bond donors (Lipinski definition) is 1. The number of hydrogen-bond acceptors (Lipinski definition) is 2. The zero-order valence-corrected chi connectivity index (χ0v) is 10.7. The van der Waals surface area contributed by atoms with E-state index in [1.54, 1.807) is 0 Å². The predicted molar refractivity (Wildman–Crippen MR) is 69.5 cm³/mol. The monoisotopic (exact) mass is 223 g/mol. The first-order valence-corrected chi connectivity index (χ1v) is 6.60. The zero-order valence-electron chi connectivity index (χ0n) is 9.86. The Kier molecular flexibility index (Phi) is 5.20. The molecule has 1 rings (SSSR count). The maximum absolute atomic E-state index is 5.88. The normalized spacial score (nSPS) is 13.1. The number of nitrogens with two attached hydrogens (primary N) is 1. The standard InChI is InChI=1S/C13H21NS/c1-4-12(14)9-15-13-7-5-11(6-8-13)10(2)3/h5-8,10,12H,4,9,14H2,1-3H3. The van der Waals surface area contributed by atoms with Gasteiger partial charge in [-0.1, -0.05) is 32.9 Å². The van der Waals surface area contributed by atoms with E-state index in [-0.39, 0.29) is 0 Å². The van der Waals surface area contributed by atoms with Gasteiger partial charge in [0, 0.05) is 16.7 Å². The first-order valence-electron chi connectivity index (χ1n) is 5.61. The molecule has 2 N–H and O–H groups in total. The summed E-state index contributed by atoms with van der Waals surface area (Å²) in [6.45, 7) is 6.57. The van der Waals surface area contributed by atoms with Crippen molar-refractivity contribution in [3.05, 3.63) is 29.8 Å². The van der Waals surface area contributed by atoms with E-state index in [2.05, 4.69) is 45.0 Å². The summed E-state index contributed by atoms with van der Waals surface area (Å²) in [6.07, 6.45) is 1.05. The largest absolute Gasteiger partial charge is 0.327 e. The summed E-state index contributed by atoms with van der Waals surface area (Å²) < 4.78 is 0. The Labute approximate surface area is 97.4 Å². The van der Waals surface area contributed by atoms with Crippen molar-refractivity contribution in [1.29, 1.82) is 0 Å². The van der Waals surface area contributed by atoms with Gasteiger partial charge in [-0.3, -0.25) is 0 Å². The van der Waals surface area contributed by atoms with E-state index < -0.39 is 0 Å². The van der Waals surface area contributed by atoms with E-state index in [1.165, 1.54) is 10.5 Å². The van der Waals surface area contributed by atoms with Crippen molar-refractivity contribution in [2.45, 2.75) is 44.0 Å². The fourth-order valence-corrected chi connectivity index (χ4v) is 2.24. The molecule has 0 heterocycles. The van der Waals surface area contributed by atoms with Crippen LogP contribution in [0.2, 0.25) is 0 Å². The van der Waals surface area contributed by atoms with Gasteiger partial charge in [-0.2, -0.15) is 0 Å². The molecule has 2 heteroatoms. The molecule has 1 atom stereocenters. The van der Waals surface area contributed by atoms with Crippen molar-refractivity contribution in [3.8, 4) is 0 Å². The second-order valence-electron chi connectivity index (χ2n) is 4.20. The highest BCUT2D eigenvalue weighted by Crippen LogP contribution is 2.22. The summed E-state index contributed by atoms with van der Waals surface area (Å²) >= 11 is 1.85. The Hall–Kier alpha value is -0.470. The Morgan fingerprint density at radius 1 is 1.20 bits per heavy atom. The molecule has 1 aromatic carbocycles. The van der Waals surface area contributed by atoms with Crippen LogP contribution in [-0.4, -0.2) is 11.8 Å². The summed E-state index contributed by atoms with van der Waals surface area (Å²) in [4.78, 5) is 1.32. The molecule has 0 radical (unpaired) electrons. The SMILES string of the molecule is CCC(N)CSc1ccc(C(C)C)cc1.